The quantitative estimate of drug-likeness (QED) is 0.579. The monoisotopic (exact) mass is 406 g/mol. The van der Waals surface area contributed by atoms with Gasteiger partial charge in [-0.1, -0.05) is 66.2 Å². The summed E-state index contributed by atoms with van der Waals surface area (Å²) in [5, 5.41) is 1.44. The van der Waals surface area contributed by atoms with Crippen LogP contribution in [0, 0.1) is 5.92 Å². The predicted molar refractivity (Wildman–Crippen MR) is 119 cm³/mol. The number of aliphatic imine (C=N–C) groups is 1. The minimum Gasteiger partial charge on any atom is -0.290 e. The number of allylic oxidation sites excluding steroid dienone is 5. The lowest BCUT2D eigenvalue weighted by Crippen LogP contribution is -2.23. The van der Waals surface area contributed by atoms with Crippen molar-refractivity contribution >= 4 is 45.7 Å². The summed E-state index contributed by atoms with van der Waals surface area (Å²) in [7, 11) is 1.77. The maximum Gasteiger partial charge on any atom is 0.266 e. The normalized spacial score (nSPS) is 22.2. The average molecular weight is 407 g/mol. The first-order valence-electron chi connectivity index (χ1n) is 9.05. The van der Waals surface area contributed by atoms with E-state index in [1.165, 1.54) is 17.3 Å². The lowest BCUT2D eigenvalue weighted by Gasteiger charge is -2.16. The van der Waals surface area contributed by atoms with E-state index in [-0.39, 0.29) is 11.8 Å². The lowest BCUT2D eigenvalue weighted by molar-refractivity contribution is -0.121. The van der Waals surface area contributed by atoms with E-state index in [9.17, 15) is 4.79 Å². The van der Waals surface area contributed by atoms with E-state index in [4.69, 9.17) is 11.6 Å². The molecule has 1 heterocycles. The topological polar surface area (TPSA) is 32.7 Å². The number of hydrogen-bond acceptors (Lipinski definition) is 3. The Balaban J connectivity index is 1.52. The molecule has 1 aliphatic carbocycles. The highest BCUT2D eigenvalue weighted by Crippen LogP contribution is 2.35. The van der Waals surface area contributed by atoms with Crippen molar-refractivity contribution < 1.29 is 4.79 Å². The standard InChI is InChI=1S/C23H19ClN2OS/c1-26-22(27)21(28-23(26)25-20-8-3-2-4-9-20)15-16-6-5-7-18(14-16)17-10-12-19(24)13-11-17/h2-13,15-16H,14H2,1H3/b21-15-,25-23+. The van der Waals surface area contributed by atoms with E-state index in [2.05, 4.69) is 29.3 Å². The van der Waals surface area contributed by atoms with Gasteiger partial charge in [0.25, 0.3) is 5.91 Å². The van der Waals surface area contributed by atoms with Crippen LogP contribution < -0.4 is 0 Å². The molecule has 2 aromatic rings. The molecule has 1 unspecified atom stereocenters. The molecule has 140 valence electrons. The molecule has 1 amide bonds. The predicted octanol–water partition coefficient (Wildman–Crippen LogP) is 6.08. The molecule has 1 fully saturated rings. The molecule has 0 spiro atoms. The molecule has 1 aliphatic heterocycles. The summed E-state index contributed by atoms with van der Waals surface area (Å²) in [6.07, 6.45) is 9.21. The fourth-order valence-corrected chi connectivity index (χ4v) is 4.33. The number of likely N-dealkylation sites (N-methyl/N-ethyl adjacent to an activating group) is 1. The van der Waals surface area contributed by atoms with Gasteiger partial charge in [-0.25, -0.2) is 4.99 Å². The van der Waals surface area contributed by atoms with Crippen molar-refractivity contribution in [2.24, 2.45) is 10.9 Å². The van der Waals surface area contributed by atoms with Gasteiger partial charge in [0, 0.05) is 18.0 Å². The average Bonchev–Trinajstić information content (AvgIpc) is 2.97. The summed E-state index contributed by atoms with van der Waals surface area (Å²) in [6, 6.07) is 17.6. The molecule has 1 saturated heterocycles. The van der Waals surface area contributed by atoms with Gasteiger partial charge in [-0.2, -0.15) is 0 Å². The smallest absolute Gasteiger partial charge is 0.266 e. The summed E-state index contributed by atoms with van der Waals surface area (Å²) in [5.41, 5.74) is 3.24. The molecule has 2 aliphatic rings. The van der Waals surface area contributed by atoms with E-state index in [0.29, 0.717) is 5.17 Å². The zero-order valence-electron chi connectivity index (χ0n) is 15.4. The second kappa shape index (κ2) is 8.21. The SMILES string of the molecule is CN1C(=O)/C(=C/C2C=CC=C(c3ccc(Cl)cc3)C2)S/C1=N/c1ccccc1. The van der Waals surface area contributed by atoms with Crippen molar-refractivity contribution in [3.05, 3.63) is 94.4 Å². The summed E-state index contributed by atoms with van der Waals surface area (Å²) in [5.74, 6) is 0.169. The second-order valence-electron chi connectivity index (χ2n) is 6.68. The summed E-state index contributed by atoms with van der Waals surface area (Å²) < 4.78 is 0. The number of para-hydroxylation sites is 1. The number of benzene rings is 2. The largest absolute Gasteiger partial charge is 0.290 e. The zero-order valence-corrected chi connectivity index (χ0v) is 17.0. The maximum atomic E-state index is 12.7. The molecule has 0 saturated carbocycles. The number of amidine groups is 1. The van der Waals surface area contributed by atoms with E-state index in [1.807, 2.05) is 54.6 Å². The minimum atomic E-state index is -0.00400. The van der Waals surface area contributed by atoms with Crippen LogP contribution in [0.4, 0.5) is 5.69 Å². The second-order valence-corrected chi connectivity index (χ2v) is 8.12. The molecule has 28 heavy (non-hydrogen) atoms. The third kappa shape index (κ3) is 4.13. The summed E-state index contributed by atoms with van der Waals surface area (Å²) >= 11 is 7.43. The third-order valence-corrected chi connectivity index (χ3v) is 6.01. The Morgan fingerprint density at radius 2 is 1.89 bits per heavy atom. The number of hydrogen-bond donors (Lipinski definition) is 0. The first kappa shape index (κ1) is 18.8. The van der Waals surface area contributed by atoms with Crippen LogP contribution >= 0.6 is 23.4 Å². The molecule has 1 atom stereocenters. The molecule has 0 N–H and O–H groups in total. The highest BCUT2D eigenvalue weighted by molar-refractivity contribution is 8.18. The van der Waals surface area contributed by atoms with Crippen molar-refractivity contribution in [1.29, 1.82) is 0 Å². The summed E-state index contributed by atoms with van der Waals surface area (Å²) in [6.45, 7) is 0. The fourth-order valence-electron chi connectivity index (χ4n) is 3.17. The maximum absolute atomic E-state index is 12.7. The number of thioether (sulfide) groups is 1. The first-order chi connectivity index (χ1) is 13.6. The molecule has 0 aromatic heterocycles. The molecule has 0 radical (unpaired) electrons. The van der Waals surface area contributed by atoms with E-state index >= 15 is 0 Å². The molecular formula is C23H19ClN2OS. The van der Waals surface area contributed by atoms with Crippen LogP contribution in [0.25, 0.3) is 5.57 Å². The van der Waals surface area contributed by atoms with Crippen LogP contribution in [0.2, 0.25) is 5.02 Å². The van der Waals surface area contributed by atoms with Crippen molar-refractivity contribution in [3.8, 4) is 0 Å². The third-order valence-electron chi connectivity index (χ3n) is 4.68. The molecule has 4 rings (SSSR count). The zero-order chi connectivity index (χ0) is 19.5. The Morgan fingerprint density at radius 3 is 2.64 bits per heavy atom. The molecule has 3 nitrogen and oxygen atoms in total. The number of amides is 1. The van der Waals surface area contributed by atoms with Crippen LogP contribution in [-0.4, -0.2) is 23.0 Å². The van der Waals surface area contributed by atoms with Crippen LogP contribution in [0.1, 0.15) is 12.0 Å². The van der Waals surface area contributed by atoms with Gasteiger partial charge in [-0.05, 0) is 53.6 Å². The van der Waals surface area contributed by atoms with Gasteiger partial charge in [-0.15, -0.1) is 0 Å². The van der Waals surface area contributed by atoms with Gasteiger partial charge in [-0.3, -0.25) is 9.69 Å². The Bertz CT molecular complexity index is 1010. The highest BCUT2D eigenvalue weighted by Gasteiger charge is 2.31. The van der Waals surface area contributed by atoms with Gasteiger partial charge in [0.05, 0.1) is 10.6 Å². The van der Waals surface area contributed by atoms with E-state index in [0.717, 1.165) is 27.6 Å². The molecule has 5 heteroatoms. The number of halogens is 1. The number of carbonyl (C=O) groups excluding carboxylic acids is 1. The van der Waals surface area contributed by atoms with Gasteiger partial charge < -0.3 is 0 Å². The van der Waals surface area contributed by atoms with Gasteiger partial charge in [0.2, 0.25) is 0 Å². The van der Waals surface area contributed by atoms with Crippen LogP contribution in [0.5, 0.6) is 0 Å². The number of rotatable bonds is 3. The van der Waals surface area contributed by atoms with Crippen LogP contribution in [-0.2, 0) is 4.79 Å². The molecule has 2 aromatic carbocycles. The van der Waals surface area contributed by atoms with E-state index < -0.39 is 0 Å². The fraction of sp³-hybridized carbons (Fsp3) is 0.130. The summed E-state index contributed by atoms with van der Waals surface area (Å²) in [4.78, 5) is 19.6. The van der Waals surface area contributed by atoms with Crippen molar-refractivity contribution in [3.63, 3.8) is 0 Å². The van der Waals surface area contributed by atoms with E-state index in [1.54, 1.807) is 11.9 Å². The number of nitrogens with zero attached hydrogens (tertiary/aromatic N) is 2. The molecular weight excluding hydrogens is 388 g/mol. The van der Waals surface area contributed by atoms with Crippen LogP contribution in [0.15, 0.2) is 88.8 Å². The van der Waals surface area contributed by atoms with Gasteiger partial charge in [0.1, 0.15) is 0 Å². The van der Waals surface area contributed by atoms with Crippen molar-refractivity contribution in [2.75, 3.05) is 7.05 Å². The Hall–Kier alpha value is -2.56. The number of carbonyl (C=O) groups is 1. The first-order valence-corrected chi connectivity index (χ1v) is 10.2. The van der Waals surface area contributed by atoms with Gasteiger partial charge in [0.15, 0.2) is 5.17 Å². The van der Waals surface area contributed by atoms with Crippen molar-refractivity contribution in [1.82, 2.24) is 4.90 Å². The molecule has 0 bridgehead atoms. The lowest BCUT2D eigenvalue weighted by atomic mass is 9.89. The Morgan fingerprint density at radius 1 is 1.14 bits per heavy atom. The highest BCUT2D eigenvalue weighted by atomic mass is 35.5. The Kier molecular flexibility index (Phi) is 5.51. The van der Waals surface area contributed by atoms with Crippen molar-refractivity contribution in [2.45, 2.75) is 6.42 Å². The minimum absolute atomic E-state index is 0.00400. The van der Waals surface area contributed by atoms with Gasteiger partial charge >= 0.3 is 0 Å². The van der Waals surface area contributed by atoms with Crippen LogP contribution in [0.3, 0.4) is 0 Å². The Labute approximate surface area is 174 Å².